The molecule has 78 valence electrons. The van der Waals surface area contributed by atoms with Crippen molar-refractivity contribution >= 4 is 17.1 Å². The van der Waals surface area contributed by atoms with Gasteiger partial charge in [-0.3, -0.25) is 4.79 Å². The zero-order chi connectivity index (χ0) is 10.8. The van der Waals surface area contributed by atoms with Gasteiger partial charge in [0.05, 0.1) is 13.0 Å². The molecule has 15 heavy (non-hydrogen) atoms. The van der Waals surface area contributed by atoms with Crippen LogP contribution in [0.25, 0.3) is 11.1 Å². The lowest BCUT2D eigenvalue weighted by Crippen LogP contribution is -1.99. The number of carboxylic acids is 1. The summed E-state index contributed by atoms with van der Waals surface area (Å²) in [5.41, 5.74) is 7.17. The van der Waals surface area contributed by atoms with E-state index in [-0.39, 0.29) is 13.0 Å². The van der Waals surface area contributed by atoms with Crippen molar-refractivity contribution in [1.82, 2.24) is 4.98 Å². The number of benzene rings is 1. The lowest BCUT2D eigenvalue weighted by atomic mass is 10.1. The highest BCUT2D eigenvalue weighted by molar-refractivity contribution is 5.81. The van der Waals surface area contributed by atoms with E-state index in [1.165, 1.54) is 0 Å². The van der Waals surface area contributed by atoms with Crippen LogP contribution in [-0.4, -0.2) is 16.1 Å². The van der Waals surface area contributed by atoms with Gasteiger partial charge in [0.1, 0.15) is 5.52 Å². The van der Waals surface area contributed by atoms with Gasteiger partial charge in [-0.15, -0.1) is 0 Å². The molecule has 0 aliphatic heterocycles. The van der Waals surface area contributed by atoms with Gasteiger partial charge in [0.15, 0.2) is 5.58 Å². The molecule has 0 bridgehead atoms. The van der Waals surface area contributed by atoms with Crippen LogP contribution in [-0.2, 0) is 17.8 Å². The SMILES string of the molecule is NCc1nc2cccc(CC(=O)O)c2o1. The molecule has 0 saturated carbocycles. The second-order valence-corrected chi connectivity index (χ2v) is 3.15. The molecule has 1 aromatic heterocycles. The molecule has 2 aromatic rings. The van der Waals surface area contributed by atoms with Gasteiger partial charge >= 0.3 is 5.97 Å². The highest BCUT2D eigenvalue weighted by Gasteiger charge is 2.10. The summed E-state index contributed by atoms with van der Waals surface area (Å²) in [7, 11) is 0. The van der Waals surface area contributed by atoms with Crippen molar-refractivity contribution in [3.05, 3.63) is 29.7 Å². The lowest BCUT2D eigenvalue weighted by molar-refractivity contribution is -0.136. The fourth-order valence-corrected chi connectivity index (χ4v) is 1.44. The minimum absolute atomic E-state index is 0.0729. The highest BCUT2D eigenvalue weighted by Crippen LogP contribution is 2.20. The van der Waals surface area contributed by atoms with E-state index in [0.29, 0.717) is 22.6 Å². The average Bonchev–Trinajstić information content (AvgIpc) is 2.61. The Morgan fingerprint density at radius 1 is 1.53 bits per heavy atom. The van der Waals surface area contributed by atoms with Gasteiger partial charge < -0.3 is 15.3 Å². The van der Waals surface area contributed by atoms with Crippen molar-refractivity contribution in [2.24, 2.45) is 5.73 Å². The number of hydrogen-bond donors (Lipinski definition) is 2. The molecule has 0 fully saturated rings. The van der Waals surface area contributed by atoms with Crippen LogP contribution in [0.2, 0.25) is 0 Å². The van der Waals surface area contributed by atoms with Crippen LogP contribution in [0.4, 0.5) is 0 Å². The van der Waals surface area contributed by atoms with Crippen molar-refractivity contribution in [2.45, 2.75) is 13.0 Å². The predicted molar refractivity (Wildman–Crippen MR) is 53.2 cm³/mol. The molecule has 0 aliphatic rings. The summed E-state index contributed by atoms with van der Waals surface area (Å²) >= 11 is 0. The minimum atomic E-state index is -0.895. The summed E-state index contributed by atoms with van der Waals surface area (Å²) in [5.74, 6) is -0.476. The van der Waals surface area contributed by atoms with E-state index in [0.717, 1.165) is 0 Å². The quantitative estimate of drug-likeness (QED) is 0.779. The van der Waals surface area contributed by atoms with Crippen LogP contribution in [0.3, 0.4) is 0 Å². The van der Waals surface area contributed by atoms with Gasteiger partial charge in [-0.2, -0.15) is 0 Å². The van der Waals surface area contributed by atoms with E-state index in [1.54, 1.807) is 18.2 Å². The van der Waals surface area contributed by atoms with Crippen LogP contribution in [0.1, 0.15) is 11.5 Å². The Labute approximate surface area is 85.5 Å². The van der Waals surface area contributed by atoms with Gasteiger partial charge in [-0.1, -0.05) is 12.1 Å². The third kappa shape index (κ3) is 1.82. The molecule has 0 saturated heterocycles. The van der Waals surface area contributed by atoms with Gasteiger partial charge in [-0.25, -0.2) is 4.98 Å². The van der Waals surface area contributed by atoms with E-state index in [4.69, 9.17) is 15.3 Å². The van der Waals surface area contributed by atoms with Crippen molar-refractivity contribution in [2.75, 3.05) is 0 Å². The summed E-state index contributed by atoms with van der Waals surface area (Å²) < 4.78 is 5.35. The van der Waals surface area contributed by atoms with Crippen LogP contribution in [0.15, 0.2) is 22.6 Å². The molecule has 1 aromatic carbocycles. The van der Waals surface area contributed by atoms with Crippen LogP contribution < -0.4 is 5.73 Å². The number of nitrogens with two attached hydrogens (primary N) is 1. The molecule has 1 heterocycles. The standard InChI is InChI=1S/C10H10N2O3/c11-5-8-12-7-3-1-2-6(4-9(13)14)10(7)15-8/h1-3H,4-5,11H2,(H,13,14). The minimum Gasteiger partial charge on any atom is -0.481 e. The molecule has 0 spiro atoms. The number of hydrogen-bond acceptors (Lipinski definition) is 4. The Hall–Kier alpha value is -1.88. The maximum atomic E-state index is 10.6. The van der Waals surface area contributed by atoms with Gasteiger partial charge in [0.2, 0.25) is 5.89 Å². The molecule has 0 aliphatic carbocycles. The summed E-state index contributed by atoms with van der Waals surface area (Å²) in [6.45, 7) is 0.210. The molecule has 2 rings (SSSR count). The first-order valence-electron chi connectivity index (χ1n) is 4.50. The molecule has 3 N–H and O–H groups in total. The molecule has 5 nitrogen and oxygen atoms in total. The number of oxazole rings is 1. The Kier molecular flexibility index (Phi) is 2.39. The Balaban J connectivity index is 2.54. The maximum Gasteiger partial charge on any atom is 0.307 e. The third-order valence-electron chi connectivity index (χ3n) is 2.06. The molecule has 0 unspecified atom stereocenters. The van der Waals surface area contributed by atoms with E-state index < -0.39 is 5.97 Å². The first-order valence-corrected chi connectivity index (χ1v) is 4.50. The van der Waals surface area contributed by atoms with Crippen LogP contribution >= 0.6 is 0 Å². The average molecular weight is 206 g/mol. The number of aromatic nitrogens is 1. The fourth-order valence-electron chi connectivity index (χ4n) is 1.44. The maximum absolute atomic E-state index is 10.6. The molecular weight excluding hydrogens is 196 g/mol. The number of para-hydroxylation sites is 1. The molecule has 0 radical (unpaired) electrons. The normalized spacial score (nSPS) is 10.7. The smallest absolute Gasteiger partial charge is 0.307 e. The first-order chi connectivity index (χ1) is 7.20. The predicted octanol–water partition coefficient (Wildman–Crippen LogP) is 0.914. The van der Waals surface area contributed by atoms with Gasteiger partial charge in [0, 0.05) is 5.56 Å². The summed E-state index contributed by atoms with van der Waals surface area (Å²) in [6, 6.07) is 5.23. The summed E-state index contributed by atoms with van der Waals surface area (Å²) in [4.78, 5) is 14.7. The third-order valence-corrected chi connectivity index (χ3v) is 2.06. The van der Waals surface area contributed by atoms with Crippen molar-refractivity contribution < 1.29 is 14.3 Å². The number of carboxylic acid groups (broad SMARTS) is 1. The molecular formula is C10H10N2O3. The van der Waals surface area contributed by atoms with E-state index in [2.05, 4.69) is 4.98 Å². The van der Waals surface area contributed by atoms with Gasteiger partial charge in [-0.05, 0) is 6.07 Å². The second kappa shape index (κ2) is 3.70. The monoisotopic (exact) mass is 206 g/mol. The fraction of sp³-hybridized carbons (Fsp3) is 0.200. The topological polar surface area (TPSA) is 89.3 Å². The first kappa shape index (κ1) is 9.67. The number of nitrogens with zero attached hydrogens (tertiary/aromatic N) is 1. The van der Waals surface area contributed by atoms with Crippen LogP contribution in [0, 0.1) is 0 Å². The number of fused-ring (bicyclic) bond motifs is 1. The van der Waals surface area contributed by atoms with E-state index in [9.17, 15) is 4.79 Å². The number of aliphatic carboxylic acids is 1. The zero-order valence-electron chi connectivity index (χ0n) is 7.93. The summed E-state index contributed by atoms with van der Waals surface area (Å²) in [6.07, 6.45) is -0.0729. The van der Waals surface area contributed by atoms with Crippen molar-refractivity contribution in [3.8, 4) is 0 Å². The molecule has 0 amide bonds. The summed E-state index contributed by atoms with van der Waals surface area (Å²) in [5, 5.41) is 8.70. The van der Waals surface area contributed by atoms with Crippen molar-refractivity contribution in [3.63, 3.8) is 0 Å². The highest BCUT2D eigenvalue weighted by atomic mass is 16.4. The van der Waals surface area contributed by atoms with Crippen LogP contribution in [0.5, 0.6) is 0 Å². The Morgan fingerprint density at radius 3 is 3.00 bits per heavy atom. The van der Waals surface area contributed by atoms with Gasteiger partial charge in [0.25, 0.3) is 0 Å². The Morgan fingerprint density at radius 2 is 2.33 bits per heavy atom. The molecule has 0 atom stereocenters. The van der Waals surface area contributed by atoms with E-state index in [1.807, 2.05) is 0 Å². The second-order valence-electron chi connectivity index (χ2n) is 3.15. The number of carbonyl (C=O) groups is 1. The molecule has 5 heteroatoms. The Bertz CT molecular complexity index is 504. The number of rotatable bonds is 3. The largest absolute Gasteiger partial charge is 0.481 e. The lowest BCUT2D eigenvalue weighted by Gasteiger charge is -1.96. The zero-order valence-corrected chi connectivity index (χ0v) is 7.93. The van der Waals surface area contributed by atoms with E-state index >= 15 is 0 Å². The van der Waals surface area contributed by atoms with Crippen molar-refractivity contribution in [1.29, 1.82) is 0 Å².